The van der Waals surface area contributed by atoms with E-state index in [2.05, 4.69) is 25.5 Å². The predicted molar refractivity (Wildman–Crippen MR) is 93.8 cm³/mol. The minimum Gasteiger partial charge on any atom is -0.431 e. The minimum absolute atomic E-state index is 0.0673. The van der Waals surface area contributed by atoms with Crippen LogP contribution in [0.4, 0.5) is 6.01 Å². The minimum atomic E-state index is -0.475. The summed E-state index contributed by atoms with van der Waals surface area (Å²) in [6.07, 6.45) is 4.60. The Bertz CT molecular complexity index is 1050. The van der Waals surface area contributed by atoms with Gasteiger partial charge in [-0.15, -0.1) is 10.2 Å². The second-order valence-electron chi connectivity index (χ2n) is 5.52. The van der Waals surface area contributed by atoms with Crippen molar-refractivity contribution in [3.8, 4) is 17.1 Å². The number of aromatic nitrogens is 5. The van der Waals surface area contributed by atoms with E-state index in [1.54, 1.807) is 10.8 Å². The van der Waals surface area contributed by atoms with E-state index in [-0.39, 0.29) is 11.8 Å². The molecule has 8 nitrogen and oxygen atoms in total. The normalized spacial score (nSPS) is 10.7. The van der Waals surface area contributed by atoms with Gasteiger partial charge in [0.1, 0.15) is 18.3 Å². The number of amides is 1. The van der Waals surface area contributed by atoms with Crippen LogP contribution in [0.1, 0.15) is 16.2 Å². The van der Waals surface area contributed by atoms with E-state index < -0.39 is 5.91 Å². The first-order valence-corrected chi connectivity index (χ1v) is 7.86. The third-order valence-electron chi connectivity index (χ3n) is 3.76. The SMILES string of the molecule is Cc1cccnc1-c1coc(NC(=O)c2nncn2-c2ccccc2)n1. The molecule has 0 spiro atoms. The van der Waals surface area contributed by atoms with Gasteiger partial charge in [-0.05, 0) is 30.7 Å². The quantitative estimate of drug-likeness (QED) is 0.610. The molecule has 0 unspecified atom stereocenters. The van der Waals surface area contributed by atoms with Gasteiger partial charge < -0.3 is 4.42 Å². The van der Waals surface area contributed by atoms with E-state index in [4.69, 9.17) is 4.42 Å². The lowest BCUT2D eigenvalue weighted by Gasteiger charge is -2.05. The molecule has 1 aromatic carbocycles. The molecule has 8 heteroatoms. The molecule has 0 atom stereocenters. The van der Waals surface area contributed by atoms with Crippen molar-refractivity contribution in [1.82, 2.24) is 24.7 Å². The Kier molecular flexibility index (Phi) is 3.98. The number of anilines is 1. The molecule has 3 aromatic heterocycles. The summed E-state index contributed by atoms with van der Waals surface area (Å²) in [5.74, 6) is -0.345. The number of para-hydroxylation sites is 1. The Morgan fingerprint density at radius 2 is 2.00 bits per heavy atom. The Labute approximate surface area is 148 Å². The van der Waals surface area contributed by atoms with E-state index in [1.807, 2.05) is 49.4 Å². The molecule has 128 valence electrons. The molecular weight excluding hydrogens is 332 g/mol. The maximum absolute atomic E-state index is 12.5. The van der Waals surface area contributed by atoms with Crippen LogP contribution in [0, 0.1) is 6.92 Å². The Hall–Kier alpha value is -3.81. The standard InChI is InChI=1S/C18H14N6O2/c1-12-6-5-9-19-15(12)14-10-26-18(21-14)22-17(25)16-23-20-11-24(16)13-7-3-2-4-8-13/h2-11H,1H3,(H,21,22,25). The fraction of sp³-hybridized carbons (Fsp3) is 0.0556. The monoisotopic (exact) mass is 346 g/mol. The van der Waals surface area contributed by atoms with Crippen LogP contribution in [-0.2, 0) is 0 Å². The number of oxazole rings is 1. The summed E-state index contributed by atoms with van der Waals surface area (Å²) < 4.78 is 6.93. The van der Waals surface area contributed by atoms with Gasteiger partial charge in [0, 0.05) is 11.9 Å². The molecule has 0 saturated carbocycles. The number of nitrogens with zero attached hydrogens (tertiary/aromatic N) is 5. The number of nitrogens with one attached hydrogen (secondary N) is 1. The van der Waals surface area contributed by atoms with Gasteiger partial charge in [0.2, 0.25) is 5.82 Å². The molecule has 4 aromatic rings. The zero-order chi connectivity index (χ0) is 17.9. The number of hydrogen-bond acceptors (Lipinski definition) is 6. The van der Waals surface area contributed by atoms with Gasteiger partial charge in [0.15, 0.2) is 0 Å². The highest BCUT2D eigenvalue weighted by Gasteiger charge is 2.18. The van der Waals surface area contributed by atoms with E-state index in [0.29, 0.717) is 11.4 Å². The van der Waals surface area contributed by atoms with Gasteiger partial charge in [0.05, 0.1) is 5.69 Å². The first-order valence-electron chi connectivity index (χ1n) is 7.86. The number of aryl methyl sites for hydroxylation is 1. The summed E-state index contributed by atoms with van der Waals surface area (Å²) in [7, 11) is 0. The number of pyridine rings is 1. The largest absolute Gasteiger partial charge is 0.431 e. The second kappa shape index (κ2) is 6.60. The van der Waals surface area contributed by atoms with Crippen molar-refractivity contribution in [1.29, 1.82) is 0 Å². The Morgan fingerprint density at radius 3 is 2.81 bits per heavy atom. The summed E-state index contributed by atoms with van der Waals surface area (Å²) in [6.45, 7) is 1.93. The molecule has 0 saturated heterocycles. The van der Waals surface area contributed by atoms with Gasteiger partial charge in [-0.2, -0.15) is 4.98 Å². The van der Waals surface area contributed by atoms with E-state index >= 15 is 0 Å². The van der Waals surface area contributed by atoms with Crippen molar-refractivity contribution in [3.63, 3.8) is 0 Å². The molecular formula is C18H14N6O2. The molecule has 0 bridgehead atoms. The molecule has 0 aliphatic carbocycles. The molecule has 1 amide bonds. The van der Waals surface area contributed by atoms with Gasteiger partial charge in [-0.25, -0.2) is 0 Å². The lowest BCUT2D eigenvalue weighted by Crippen LogP contribution is -2.17. The lowest BCUT2D eigenvalue weighted by atomic mass is 10.2. The van der Waals surface area contributed by atoms with Crippen molar-refractivity contribution in [2.75, 3.05) is 5.32 Å². The van der Waals surface area contributed by atoms with Crippen molar-refractivity contribution >= 4 is 11.9 Å². The first-order chi connectivity index (χ1) is 12.7. The summed E-state index contributed by atoms with van der Waals surface area (Å²) >= 11 is 0. The first kappa shape index (κ1) is 15.7. The average Bonchev–Trinajstić information content (AvgIpc) is 3.32. The molecule has 1 N–H and O–H groups in total. The molecule has 3 heterocycles. The summed E-state index contributed by atoms with van der Waals surface area (Å²) in [4.78, 5) is 21.1. The second-order valence-corrected chi connectivity index (χ2v) is 5.52. The topological polar surface area (TPSA) is 98.7 Å². The van der Waals surface area contributed by atoms with Crippen LogP contribution in [0.5, 0.6) is 0 Å². The Morgan fingerprint density at radius 1 is 1.15 bits per heavy atom. The van der Waals surface area contributed by atoms with Crippen molar-refractivity contribution in [2.24, 2.45) is 0 Å². The lowest BCUT2D eigenvalue weighted by molar-refractivity contribution is 0.101. The molecule has 0 fully saturated rings. The number of carbonyl (C=O) groups is 1. The van der Waals surface area contributed by atoms with Crippen molar-refractivity contribution in [2.45, 2.75) is 6.92 Å². The summed E-state index contributed by atoms with van der Waals surface area (Å²) in [5, 5.41) is 10.3. The molecule has 0 aliphatic rings. The maximum atomic E-state index is 12.5. The Balaban J connectivity index is 1.57. The molecule has 26 heavy (non-hydrogen) atoms. The van der Waals surface area contributed by atoms with Crippen molar-refractivity contribution < 1.29 is 9.21 Å². The smallest absolute Gasteiger partial charge is 0.302 e. The molecule has 0 radical (unpaired) electrons. The summed E-state index contributed by atoms with van der Waals surface area (Å²) in [5.41, 5.74) is 2.98. The highest BCUT2D eigenvalue weighted by atomic mass is 16.4. The van der Waals surface area contributed by atoms with Gasteiger partial charge in [-0.1, -0.05) is 24.3 Å². The number of benzene rings is 1. The highest BCUT2D eigenvalue weighted by molar-refractivity contribution is 6.00. The number of rotatable bonds is 4. The van der Waals surface area contributed by atoms with E-state index in [9.17, 15) is 4.79 Å². The van der Waals surface area contributed by atoms with Crippen LogP contribution in [0.25, 0.3) is 17.1 Å². The fourth-order valence-electron chi connectivity index (χ4n) is 2.51. The molecule has 4 rings (SSSR count). The van der Waals surface area contributed by atoms with Crippen LogP contribution in [0.2, 0.25) is 0 Å². The van der Waals surface area contributed by atoms with Crippen LogP contribution < -0.4 is 5.32 Å². The van der Waals surface area contributed by atoms with Gasteiger partial charge in [0.25, 0.3) is 5.91 Å². The zero-order valence-corrected chi connectivity index (χ0v) is 13.8. The third kappa shape index (κ3) is 2.95. The maximum Gasteiger partial charge on any atom is 0.302 e. The average molecular weight is 346 g/mol. The predicted octanol–water partition coefficient (Wildman–Crippen LogP) is 2.88. The summed E-state index contributed by atoms with van der Waals surface area (Å²) in [6, 6.07) is 13.2. The third-order valence-corrected chi connectivity index (χ3v) is 3.76. The van der Waals surface area contributed by atoms with Gasteiger partial charge >= 0.3 is 6.01 Å². The van der Waals surface area contributed by atoms with Gasteiger partial charge in [-0.3, -0.25) is 19.7 Å². The molecule has 0 aliphatic heterocycles. The fourth-order valence-corrected chi connectivity index (χ4v) is 2.51. The number of hydrogen-bond donors (Lipinski definition) is 1. The van der Waals surface area contributed by atoms with Crippen LogP contribution in [0.3, 0.4) is 0 Å². The zero-order valence-electron chi connectivity index (χ0n) is 13.8. The van der Waals surface area contributed by atoms with E-state index in [1.165, 1.54) is 12.6 Å². The highest BCUT2D eigenvalue weighted by Crippen LogP contribution is 2.22. The van der Waals surface area contributed by atoms with E-state index in [0.717, 1.165) is 11.3 Å². The van der Waals surface area contributed by atoms with Crippen LogP contribution in [-0.4, -0.2) is 30.6 Å². The van der Waals surface area contributed by atoms with Crippen molar-refractivity contribution in [3.05, 3.63) is 72.6 Å². The van der Waals surface area contributed by atoms with Crippen LogP contribution in [0.15, 0.2) is 65.7 Å². The van der Waals surface area contributed by atoms with Crippen LogP contribution >= 0.6 is 0 Å². The number of carbonyl (C=O) groups excluding carboxylic acids is 1.